The number of nitrogens with one attached hydrogen (secondary N) is 1. The zero-order valence-electron chi connectivity index (χ0n) is 12.9. The van der Waals surface area contributed by atoms with Crippen LogP contribution in [0.1, 0.15) is 16.5 Å². The van der Waals surface area contributed by atoms with Gasteiger partial charge in [-0.1, -0.05) is 23.2 Å². The third-order valence-corrected chi connectivity index (χ3v) is 4.58. The highest BCUT2D eigenvalue weighted by Crippen LogP contribution is 2.34. The maximum Gasteiger partial charge on any atom is 0.256 e. The molecule has 2 rings (SSSR count). The van der Waals surface area contributed by atoms with Gasteiger partial charge in [-0.05, 0) is 12.1 Å². The van der Waals surface area contributed by atoms with Crippen LogP contribution in [0.2, 0.25) is 0 Å². The van der Waals surface area contributed by atoms with Crippen LogP contribution in [0.25, 0.3) is 0 Å². The van der Waals surface area contributed by atoms with Gasteiger partial charge in [-0.2, -0.15) is 5.10 Å². The number of ether oxygens (including phenoxy) is 2. The van der Waals surface area contributed by atoms with E-state index in [9.17, 15) is 4.79 Å². The topological polar surface area (TPSA) is 78.3 Å². The summed E-state index contributed by atoms with van der Waals surface area (Å²) in [6.07, 6.45) is 1.74. The number of hydrogen-bond donors (Lipinski definition) is 1. The van der Waals surface area contributed by atoms with Crippen molar-refractivity contribution in [1.29, 1.82) is 0 Å². The molecule has 0 aliphatic carbocycles. The van der Waals surface area contributed by atoms with Crippen LogP contribution < -0.4 is 14.8 Å². The molecule has 10 heteroatoms. The van der Waals surface area contributed by atoms with Crippen molar-refractivity contribution in [1.82, 2.24) is 20.1 Å². The molecule has 1 aromatic carbocycles. The zero-order chi connectivity index (χ0) is 17.7. The normalized spacial score (nSPS) is 12.5. The first-order valence-electron chi connectivity index (χ1n) is 6.73. The van der Waals surface area contributed by atoms with Crippen LogP contribution in [0, 0.1) is 0 Å². The van der Waals surface area contributed by atoms with Gasteiger partial charge >= 0.3 is 0 Å². The number of nitrogens with zero attached hydrogens (tertiary/aromatic N) is 3. The number of hydrogen-bond acceptors (Lipinski definition) is 5. The fraction of sp³-hybridized carbons (Fsp3) is 0.357. The maximum absolute atomic E-state index is 12.6. The predicted molar refractivity (Wildman–Crippen MR) is 91.2 cm³/mol. The van der Waals surface area contributed by atoms with Gasteiger partial charge in [0.2, 0.25) is 0 Å². The zero-order valence-corrected chi connectivity index (χ0v) is 15.1. The second-order valence-electron chi connectivity index (χ2n) is 4.71. The molecule has 1 N–H and O–H groups in total. The van der Waals surface area contributed by atoms with E-state index >= 15 is 0 Å². The summed E-state index contributed by atoms with van der Waals surface area (Å²) < 4.78 is 10.2. The van der Waals surface area contributed by atoms with Crippen LogP contribution in [-0.2, 0) is 0 Å². The summed E-state index contributed by atoms with van der Waals surface area (Å²) in [6, 6.07) is 4.80. The molecule has 1 amide bonds. The summed E-state index contributed by atoms with van der Waals surface area (Å²) in [4.78, 5) is 16.5. The molecular weight excluding hydrogens is 379 g/mol. The third-order valence-electron chi connectivity index (χ3n) is 3.20. The average Bonchev–Trinajstić information content (AvgIpc) is 3.12. The van der Waals surface area contributed by atoms with Gasteiger partial charge in [-0.15, -0.1) is 11.6 Å². The lowest BCUT2D eigenvalue weighted by atomic mass is 10.1. The van der Waals surface area contributed by atoms with Crippen molar-refractivity contribution >= 4 is 40.7 Å². The number of aromatic nitrogens is 3. The Morgan fingerprint density at radius 2 is 2.12 bits per heavy atom. The molecule has 0 fully saturated rings. The maximum atomic E-state index is 12.6. The lowest BCUT2D eigenvalue weighted by Crippen LogP contribution is -2.44. The van der Waals surface area contributed by atoms with Gasteiger partial charge in [0.15, 0.2) is 10.5 Å². The molecule has 24 heavy (non-hydrogen) atoms. The molecule has 1 atom stereocenters. The minimum absolute atomic E-state index is 0.138. The lowest BCUT2D eigenvalue weighted by Gasteiger charge is -2.28. The number of methoxy groups -OCH3 is 2. The smallest absolute Gasteiger partial charge is 0.256 e. The number of halogens is 3. The Kier molecular flexibility index (Phi) is 6.15. The van der Waals surface area contributed by atoms with Crippen molar-refractivity contribution in [3.63, 3.8) is 0 Å². The van der Waals surface area contributed by atoms with Crippen LogP contribution in [0.4, 0.5) is 0 Å². The van der Waals surface area contributed by atoms with Crippen molar-refractivity contribution in [2.75, 3.05) is 20.1 Å². The Morgan fingerprint density at radius 1 is 1.38 bits per heavy atom. The Morgan fingerprint density at radius 3 is 2.67 bits per heavy atom. The van der Waals surface area contributed by atoms with Crippen LogP contribution in [0.5, 0.6) is 11.5 Å². The minimum Gasteiger partial charge on any atom is -0.497 e. The average molecular weight is 394 g/mol. The molecule has 0 spiro atoms. The Labute approximate surface area is 153 Å². The quantitative estimate of drug-likeness (QED) is 0.732. The molecule has 0 saturated heterocycles. The van der Waals surface area contributed by atoms with Crippen LogP contribution >= 0.6 is 34.8 Å². The highest BCUT2D eigenvalue weighted by atomic mass is 35.5. The van der Waals surface area contributed by atoms with Crippen LogP contribution in [-0.4, -0.2) is 45.1 Å². The minimum atomic E-state index is -1.50. The second kappa shape index (κ2) is 7.92. The van der Waals surface area contributed by atoms with Crippen molar-refractivity contribution < 1.29 is 14.3 Å². The van der Waals surface area contributed by atoms with Gasteiger partial charge in [0.1, 0.15) is 24.2 Å². The molecular formula is C14H15Cl3N4O3. The van der Waals surface area contributed by atoms with Crippen LogP contribution in [0.15, 0.2) is 30.9 Å². The van der Waals surface area contributed by atoms with Crippen molar-refractivity contribution in [3.05, 3.63) is 36.4 Å². The third kappa shape index (κ3) is 4.03. The Hall–Kier alpha value is -1.70. The summed E-state index contributed by atoms with van der Waals surface area (Å²) in [5.41, 5.74) is 0.280. The van der Waals surface area contributed by atoms with Gasteiger partial charge in [-0.3, -0.25) is 4.79 Å². The van der Waals surface area contributed by atoms with Gasteiger partial charge in [-0.25, -0.2) is 9.67 Å². The van der Waals surface area contributed by atoms with Crippen molar-refractivity contribution in [2.24, 2.45) is 0 Å². The lowest BCUT2D eigenvalue weighted by molar-refractivity contribution is 0.0907. The number of carbonyl (C=O) groups excluding carboxylic acids is 1. The fourth-order valence-corrected chi connectivity index (χ4v) is 2.43. The number of rotatable bonds is 7. The van der Waals surface area contributed by atoms with E-state index in [0.29, 0.717) is 11.5 Å². The molecule has 0 aliphatic heterocycles. The second-order valence-corrected chi connectivity index (χ2v) is 6.52. The van der Waals surface area contributed by atoms with E-state index in [2.05, 4.69) is 15.4 Å². The molecule has 0 bridgehead atoms. The van der Waals surface area contributed by atoms with E-state index in [0.717, 1.165) is 0 Å². The summed E-state index contributed by atoms with van der Waals surface area (Å²) in [6.45, 7) is 0. The number of benzene rings is 1. The Balaban J connectivity index is 2.32. The summed E-state index contributed by atoms with van der Waals surface area (Å²) in [5.74, 6) is 0.289. The van der Waals surface area contributed by atoms with E-state index < -0.39 is 16.4 Å². The highest BCUT2D eigenvalue weighted by Gasteiger charge is 2.38. The fourth-order valence-electron chi connectivity index (χ4n) is 1.98. The van der Waals surface area contributed by atoms with Gasteiger partial charge in [0, 0.05) is 6.07 Å². The van der Waals surface area contributed by atoms with E-state index in [1.54, 1.807) is 18.2 Å². The summed E-state index contributed by atoms with van der Waals surface area (Å²) in [5, 5.41) is 6.65. The molecule has 0 radical (unpaired) electrons. The number of alkyl halides is 3. The largest absolute Gasteiger partial charge is 0.497 e. The molecule has 1 heterocycles. The molecule has 0 saturated carbocycles. The molecule has 7 nitrogen and oxygen atoms in total. The summed E-state index contributed by atoms with van der Waals surface area (Å²) >= 11 is 18.2. The monoisotopic (exact) mass is 392 g/mol. The first-order valence-corrected chi connectivity index (χ1v) is 8.02. The molecule has 130 valence electrons. The van der Waals surface area contributed by atoms with Gasteiger partial charge in [0.25, 0.3) is 5.91 Å². The van der Waals surface area contributed by atoms with Crippen molar-refractivity contribution in [2.45, 2.75) is 10.5 Å². The SMILES string of the molecule is COc1ccc(C(=O)NC(n2cncn2)C(Cl)(Cl)CCl)c(OC)c1. The number of amides is 1. The molecule has 0 aliphatic rings. The first kappa shape index (κ1) is 18.6. The van der Waals surface area contributed by atoms with Crippen LogP contribution in [0.3, 0.4) is 0 Å². The van der Waals surface area contributed by atoms with Gasteiger partial charge in [0.05, 0.1) is 25.7 Å². The highest BCUT2D eigenvalue weighted by molar-refractivity contribution is 6.51. The van der Waals surface area contributed by atoms with Gasteiger partial charge < -0.3 is 14.8 Å². The van der Waals surface area contributed by atoms with Crippen molar-refractivity contribution in [3.8, 4) is 11.5 Å². The Bertz CT molecular complexity index is 695. The first-order chi connectivity index (χ1) is 11.4. The standard InChI is InChI=1S/C14H15Cl3N4O3/c1-23-9-3-4-10(11(5-9)24-2)12(22)20-13(14(16,17)6-15)21-8-18-7-19-21/h3-5,7-8,13H,6H2,1-2H3,(H,20,22). The van der Waals surface area contributed by atoms with E-state index in [1.807, 2.05) is 0 Å². The molecule has 1 aromatic heterocycles. The number of carbonyl (C=O) groups is 1. The predicted octanol–water partition coefficient (Wildman–Crippen LogP) is 2.64. The summed E-state index contributed by atoms with van der Waals surface area (Å²) in [7, 11) is 2.97. The van der Waals surface area contributed by atoms with E-state index in [-0.39, 0.29) is 11.4 Å². The molecule has 2 aromatic rings. The van der Waals surface area contributed by atoms with E-state index in [4.69, 9.17) is 44.3 Å². The van der Waals surface area contributed by atoms with E-state index in [1.165, 1.54) is 31.6 Å². The molecule has 1 unspecified atom stereocenters.